The maximum Gasteiger partial charge on any atom is 0.236 e. The number of Topliss-reactive ketones (excluding diaryl/α,β-unsaturated/α-hetero) is 1. The van der Waals surface area contributed by atoms with Gasteiger partial charge in [-0.3, -0.25) is 14.5 Å². The van der Waals surface area contributed by atoms with Crippen LogP contribution in [0, 0.1) is 6.92 Å². The molecule has 1 heterocycles. The Balaban J connectivity index is 2.00. The average Bonchev–Trinajstić information content (AvgIpc) is 2.34. The molecule has 1 aromatic rings. The number of hydrogen-bond donors (Lipinski definition) is 0. The van der Waals surface area contributed by atoms with Gasteiger partial charge in [0.2, 0.25) is 5.91 Å². The minimum atomic E-state index is 0.0823. The van der Waals surface area contributed by atoms with Gasteiger partial charge in [-0.1, -0.05) is 24.3 Å². The van der Waals surface area contributed by atoms with Crippen molar-refractivity contribution in [1.29, 1.82) is 0 Å². The highest BCUT2D eigenvalue weighted by Gasteiger charge is 2.23. The lowest BCUT2D eigenvalue weighted by Gasteiger charge is -2.31. The molecule has 1 fully saturated rings. The number of amides is 1. The second-order valence-corrected chi connectivity index (χ2v) is 4.76. The fourth-order valence-electron chi connectivity index (χ4n) is 2.12. The molecular formula is C14H18N2O2. The van der Waals surface area contributed by atoms with Gasteiger partial charge in [-0.05, 0) is 12.5 Å². The second-order valence-electron chi connectivity index (χ2n) is 4.76. The molecule has 0 saturated carbocycles. The first-order valence-corrected chi connectivity index (χ1v) is 6.13. The molecule has 1 amide bonds. The summed E-state index contributed by atoms with van der Waals surface area (Å²) in [7, 11) is 1.79. The summed E-state index contributed by atoms with van der Waals surface area (Å²) >= 11 is 0. The van der Waals surface area contributed by atoms with E-state index < -0.39 is 0 Å². The molecule has 0 spiro atoms. The Labute approximate surface area is 107 Å². The van der Waals surface area contributed by atoms with Crippen LogP contribution in [0.4, 0.5) is 0 Å². The van der Waals surface area contributed by atoms with Crippen LogP contribution in [-0.4, -0.2) is 54.7 Å². The number of piperazine rings is 1. The van der Waals surface area contributed by atoms with Crippen molar-refractivity contribution in [2.24, 2.45) is 0 Å². The molecule has 1 saturated heterocycles. The zero-order chi connectivity index (χ0) is 13.1. The molecule has 0 radical (unpaired) electrons. The maximum absolute atomic E-state index is 12.2. The van der Waals surface area contributed by atoms with Crippen LogP contribution in [0.5, 0.6) is 0 Å². The van der Waals surface area contributed by atoms with E-state index in [1.165, 1.54) is 0 Å². The van der Waals surface area contributed by atoms with Gasteiger partial charge in [0.15, 0.2) is 5.78 Å². The van der Waals surface area contributed by atoms with Crippen LogP contribution in [0.1, 0.15) is 15.9 Å². The van der Waals surface area contributed by atoms with E-state index in [0.29, 0.717) is 19.6 Å². The number of rotatable bonds is 3. The van der Waals surface area contributed by atoms with Gasteiger partial charge in [-0.15, -0.1) is 0 Å². The second kappa shape index (κ2) is 5.31. The largest absolute Gasteiger partial charge is 0.343 e. The lowest BCUT2D eigenvalue weighted by atomic mass is 10.0. The SMILES string of the molecule is Cc1ccccc1C(=O)CN1CCN(C)C(=O)C1. The number of carbonyl (C=O) groups is 2. The number of benzene rings is 1. The molecule has 4 heteroatoms. The zero-order valence-electron chi connectivity index (χ0n) is 10.8. The van der Waals surface area contributed by atoms with Crippen LogP contribution >= 0.6 is 0 Å². The number of aryl methyl sites for hydroxylation is 1. The van der Waals surface area contributed by atoms with Crippen molar-refractivity contribution in [3.8, 4) is 0 Å². The number of nitrogens with zero attached hydrogens (tertiary/aromatic N) is 2. The fraction of sp³-hybridized carbons (Fsp3) is 0.429. The van der Waals surface area contributed by atoms with Crippen LogP contribution in [0.15, 0.2) is 24.3 Å². The maximum atomic E-state index is 12.2. The van der Waals surface area contributed by atoms with Gasteiger partial charge >= 0.3 is 0 Å². The Morgan fingerprint density at radius 1 is 1.28 bits per heavy atom. The molecule has 0 N–H and O–H groups in total. The van der Waals surface area contributed by atoms with Gasteiger partial charge in [0.1, 0.15) is 0 Å². The van der Waals surface area contributed by atoms with Crippen molar-refractivity contribution in [2.75, 3.05) is 33.2 Å². The molecule has 0 unspecified atom stereocenters. The molecule has 96 valence electrons. The number of ketones is 1. The monoisotopic (exact) mass is 246 g/mol. The van der Waals surface area contributed by atoms with Gasteiger partial charge in [0.05, 0.1) is 13.1 Å². The first-order chi connectivity index (χ1) is 8.58. The molecule has 1 aliphatic rings. The predicted octanol–water partition coefficient (Wildman–Crippen LogP) is 0.952. The van der Waals surface area contributed by atoms with Gasteiger partial charge in [-0.2, -0.15) is 0 Å². The number of hydrogen-bond acceptors (Lipinski definition) is 3. The molecule has 4 nitrogen and oxygen atoms in total. The fourth-order valence-corrected chi connectivity index (χ4v) is 2.12. The highest BCUT2D eigenvalue weighted by Crippen LogP contribution is 2.10. The van der Waals surface area contributed by atoms with Gasteiger partial charge in [0, 0.05) is 25.7 Å². The number of likely N-dealkylation sites (N-methyl/N-ethyl adjacent to an activating group) is 1. The van der Waals surface area contributed by atoms with Crippen LogP contribution in [-0.2, 0) is 4.79 Å². The highest BCUT2D eigenvalue weighted by atomic mass is 16.2. The van der Waals surface area contributed by atoms with E-state index in [9.17, 15) is 9.59 Å². The molecule has 0 atom stereocenters. The van der Waals surface area contributed by atoms with Crippen molar-refractivity contribution in [3.05, 3.63) is 35.4 Å². The third-order valence-corrected chi connectivity index (χ3v) is 3.35. The van der Waals surface area contributed by atoms with Crippen molar-refractivity contribution in [1.82, 2.24) is 9.80 Å². The number of carbonyl (C=O) groups excluding carboxylic acids is 2. The van der Waals surface area contributed by atoms with E-state index in [1.807, 2.05) is 36.1 Å². The van der Waals surface area contributed by atoms with Crippen LogP contribution in [0.2, 0.25) is 0 Å². The van der Waals surface area contributed by atoms with Crippen molar-refractivity contribution in [3.63, 3.8) is 0 Å². The van der Waals surface area contributed by atoms with E-state index >= 15 is 0 Å². The Bertz CT molecular complexity index is 471. The Morgan fingerprint density at radius 3 is 2.67 bits per heavy atom. The van der Waals surface area contributed by atoms with E-state index in [4.69, 9.17) is 0 Å². The Kier molecular flexibility index (Phi) is 3.77. The summed E-state index contributed by atoms with van der Waals surface area (Å²) in [5, 5.41) is 0. The van der Waals surface area contributed by atoms with Crippen LogP contribution in [0.25, 0.3) is 0 Å². The van der Waals surface area contributed by atoms with Crippen molar-refractivity contribution < 1.29 is 9.59 Å². The predicted molar refractivity (Wildman–Crippen MR) is 69.6 cm³/mol. The van der Waals surface area contributed by atoms with E-state index in [1.54, 1.807) is 11.9 Å². The minimum Gasteiger partial charge on any atom is -0.343 e. The van der Waals surface area contributed by atoms with E-state index in [0.717, 1.165) is 17.7 Å². The minimum absolute atomic E-state index is 0.0823. The standard InChI is InChI=1S/C14H18N2O2/c1-11-5-3-4-6-12(11)13(17)9-16-8-7-15(2)14(18)10-16/h3-6H,7-10H2,1-2H3. The highest BCUT2D eigenvalue weighted by molar-refractivity contribution is 5.99. The summed E-state index contributed by atoms with van der Waals surface area (Å²) in [6, 6.07) is 7.57. The van der Waals surface area contributed by atoms with Crippen LogP contribution in [0.3, 0.4) is 0 Å². The summed E-state index contributed by atoms with van der Waals surface area (Å²) in [6.45, 7) is 4.06. The van der Waals surface area contributed by atoms with Crippen LogP contribution < -0.4 is 0 Å². The molecule has 1 aliphatic heterocycles. The lowest BCUT2D eigenvalue weighted by molar-refractivity contribution is -0.134. The van der Waals surface area contributed by atoms with E-state index in [2.05, 4.69) is 0 Å². The molecule has 18 heavy (non-hydrogen) atoms. The molecule has 1 aromatic carbocycles. The third-order valence-electron chi connectivity index (χ3n) is 3.35. The summed E-state index contributed by atoms with van der Waals surface area (Å²) < 4.78 is 0. The average molecular weight is 246 g/mol. The molecular weight excluding hydrogens is 228 g/mol. The van der Waals surface area contributed by atoms with Gasteiger partial charge < -0.3 is 4.90 Å². The van der Waals surface area contributed by atoms with E-state index in [-0.39, 0.29) is 11.7 Å². The van der Waals surface area contributed by atoms with Crippen molar-refractivity contribution >= 4 is 11.7 Å². The summed E-state index contributed by atoms with van der Waals surface area (Å²) in [4.78, 5) is 27.3. The lowest BCUT2D eigenvalue weighted by Crippen LogP contribution is -2.49. The summed E-state index contributed by atoms with van der Waals surface area (Å²) in [5.41, 5.74) is 1.74. The zero-order valence-corrected chi connectivity index (χ0v) is 10.8. The summed E-state index contributed by atoms with van der Waals surface area (Å²) in [5.74, 6) is 0.171. The molecule has 2 rings (SSSR count). The quantitative estimate of drug-likeness (QED) is 0.746. The third kappa shape index (κ3) is 2.76. The molecule has 0 aliphatic carbocycles. The smallest absolute Gasteiger partial charge is 0.236 e. The first kappa shape index (κ1) is 12.8. The summed E-state index contributed by atoms with van der Waals surface area (Å²) in [6.07, 6.45) is 0. The van der Waals surface area contributed by atoms with Gasteiger partial charge in [0.25, 0.3) is 0 Å². The topological polar surface area (TPSA) is 40.6 Å². The normalized spacial score (nSPS) is 17.0. The first-order valence-electron chi connectivity index (χ1n) is 6.13. The van der Waals surface area contributed by atoms with Crippen molar-refractivity contribution in [2.45, 2.75) is 6.92 Å². The Morgan fingerprint density at radius 2 is 2.00 bits per heavy atom. The molecule has 0 bridgehead atoms. The Hall–Kier alpha value is -1.68. The van der Waals surface area contributed by atoms with Gasteiger partial charge in [-0.25, -0.2) is 0 Å². The molecule has 0 aromatic heterocycles.